The van der Waals surface area contributed by atoms with Crippen LogP contribution in [0.25, 0.3) is 5.69 Å². The van der Waals surface area contributed by atoms with Crippen molar-refractivity contribution < 1.29 is 0 Å². The topological polar surface area (TPSA) is 68.5 Å². The van der Waals surface area contributed by atoms with Crippen molar-refractivity contribution in [3.63, 3.8) is 0 Å². The van der Waals surface area contributed by atoms with Gasteiger partial charge in [0.25, 0.3) is 0 Å². The SMILES string of the molecule is Cc1nnc(NCCc2ccnn2-c2ccccc2)nc1C. The Kier molecular flexibility index (Phi) is 4.09. The normalized spacial score (nSPS) is 10.6. The van der Waals surface area contributed by atoms with Gasteiger partial charge in [-0.05, 0) is 32.0 Å². The molecule has 0 saturated carbocycles. The Labute approximate surface area is 129 Å². The molecule has 0 amide bonds. The van der Waals surface area contributed by atoms with Gasteiger partial charge in [0.15, 0.2) is 0 Å². The summed E-state index contributed by atoms with van der Waals surface area (Å²) in [6.07, 6.45) is 2.64. The summed E-state index contributed by atoms with van der Waals surface area (Å²) < 4.78 is 1.95. The maximum atomic E-state index is 4.38. The van der Waals surface area contributed by atoms with Crippen LogP contribution in [0.4, 0.5) is 5.95 Å². The van der Waals surface area contributed by atoms with Crippen LogP contribution in [0.3, 0.4) is 0 Å². The van der Waals surface area contributed by atoms with E-state index < -0.39 is 0 Å². The molecule has 22 heavy (non-hydrogen) atoms. The number of nitrogens with one attached hydrogen (secondary N) is 1. The molecule has 0 aliphatic carbocycles. The van der Waals surface area contributed by atoms with Crippen LogP contribution in [-0.2, 0) is 6.42 Å². The average molecular weight is 294 g/mol. The van der Waals surface area contributed by atoms with Gasteiger partial charge < -0.3 is 5.32 Å². The standard InChI is InChI=1S/C16H18N6/c1-12-13(2)20-21-16(19-12)17-10-8-15-9-11-18-22(15)14-6-4-3-5-7-14/h3-7,9,11H,8,10H2,1-2H3,(H,17,19,21). The highest BCUT2D eigenvalue weighted by molar-refractivity contribution is 5.32. The highest BCUT2D eigenvalue weighted by Crippen LogP contribution is 2.10. The maximum Gasteiger partial charge on any atom is 0.242 e. The summed E-state index contributed by atoms with van der Waals surface area (Å²) in [6.45, 7) is 4.56. The Bertz CT molecular complexity index is 750. The first-order chi connectivity index (χ1) is 10.7. The average Bonchev–Trinajstić information content (AvgIpc) is 3.00. The molecule has 0 bridgehead atoms. The van der Waals surface area contributed by atoms with Crippen molar-refractivity contribution in [2.24, 2.45) is 0 Å². The van der Waals surface area contributed by atoms with Gasteiger partial charge in [-0.15, -0.1) is 5.10 Å². The Balaban J connectivity index is 1.65. The zero-order valence-electron chi connectivity index (χ0n) is 12.7. The second-order valence-electron chi connectivity index (χ2n) is 5.05. The zero-order valence-corrected chi connectivity index (χ0v) is 12.7. The van der Waals surface area contributed by atoms with Crippen molar-refractivity contribution in [2.45, 2.75) is 20.3 Å². The minimum Gasteiger partial charge on any atom is -0.353 e. The molecule has 0 unspecified atom stereocenters. The highest BCUT2D eigenvalue weighted by Gasteiger charge is 2.05. The van der Waals surface area contributed by atoms with Crippen molar-refractivity contribution in [3.8, 4) is 5.69 Å². The largest absolute Gasteiger partial charge is 0.353 e. The molecule has 0 radical (unpaired) electrons. The van der Waals surface area contributed by atoms with E-state index in [1.54, 1.807) is 0 Å². The van der Waals surface area contributed by atoms with Crippen LogP contribution in [0.2, 0.25) is 0 Å². The van der Waals surface area contributed by atoms with E-state index in [0.29, 0.717) is 5.95 Å². The number of para-hydroxylation sites is 1. The van der Waals surface area contributed by atoms with Gasteiger partial charge in [-0.2, -0.15) is 10.2 Å². The summed E-state index contributed by atoms with van der Waals surface area (Å²) in [4.78, 5) is 4.36. The van der Waals surface area contributed by atoms with E-state index in [1.807, 2.05) is 61.1 Å². The Morgan fingerprint density at radius 2 is 1.82 bits per heavy atom. The van der Waals surface area contributed by atoms with Gasteiger partial charge in [0.2, 0.25) is 5.95 Å². The molecule has 0 atom stereocenters. The quantitative estimate of drug-likeness (QED) is 0.782. The second-order valence-corrected chi connectivity index (χ2v) is 5.05. The molecule has 3 aromatic rings. The number of aryl methyl sites for hydroxylation is 2. The fourth-order valence-corrected chi connectivity index (χ4v) is 2.16. The third-order valence-corrected chi connectivity index (χ3v) is 3.48. The van der Waals surface area contributed by atoms with E-state index in [0.717, 1.165) is 35.7 Å². The van der Waals surface area contributed by atoms with E-state index in [9.17, 15) is 0 Å². The fourth-order valence-electron chi connectivity index (χ4n) is 2.16. The van der Waals surface area contributed by atoms with Crippen LogP contribution in [0.1, 0.15) is 17.1 Å². The van der Waals surface area contributed by atoms with Crippen molar-refractivity contribution in [2.75, 3.05) is 11.9 Å². The van der Waals surface area contributed by atoms with Gasteiger partial charge in [0.05, 0.1) is 17.1 Å². The molecule has 0 aliphatic rings. The number of rotatable bonds is 5. The third-order valence-electron chi connectivity index (χ3n) is 3.48. The first-order valence-corrected chi connectivity index (χ1v) is 7.24. The summed E-state index contributed by atoms with van der Waals surface area (Å²) in [7, 11) is 0. The van der Waals surface area contributed by atoms with E-state index >= 15 is 0 Å². The van der Waals surface area contributed by atoms with E-state index in [2.05, 4.69) is 25.6 Å². The minimum atomic E-state index is 0.564. The van der Waals surface area contributed by atoms with Gasteiger partial charge in [0.1, 0.15) is 0 Å². The predicted octanol–water partition coefficient (Wildman–Crippen LogP) is 2.33. The van der Waals surface area contributed by atoms with Crippen LogP contribution >= 0.6 is 0 Å². The van der Waals surface area contributed by atoms with E-state index in [1.165, 1.54) is 0 Å². The van der Waals surface area contributed by atoms with Gasteiger partial charge in [-0.3, -0.25) is 0 Å². The lowest BCUT2D eigenvalue weighted by molar-refractivity contribution is 0.794. The number of anilines is 1. The van der Waals surface area contributed by atoms with Crippen LogP contribution < -0.4 is 5.32 Å². The van der Waals surface area contributed by atoms with Gasteiger partial charge in [-0.1, -0.05) is 18.2 Å². The van der Waals surface area contributed by atoms with Crippen LogP contribution in [0, 0.1) is 13.8 Å². The zero-order chi connectivity index (χ0) is 15.4. The molecular formula is C16H18N6. The summed E-state index contributed by atoms with van der Waals surface area (Å²) in [5.41, 5.74) is 3.95. The van der Waals surface area contributed by atoms with Crippen LogP contribution in [0.15, 0.2) is 42.6 Å². The number of hydrogen-bond acceptors (Lipinski definition) is 5. The summed E-state index contributed by atoms with van der Waals surface area (Å²) in [6, 6.07) is 12.1. The molecule has 3 rings (SSSR count). The Morgan fingerprint density at radius 1 is 1.00 bits per heavy atom. The molecule has 0 fully saturated rings. The predicted molar refractivity (Wildman–Crippen MR) is 85.1 cm³/mol. The lowest BCUT2D eigenvalue weighted by Crippen LogP contribution is -2.12. The van der Waals surface area contributed by atoms with Gasteiger partial charge in [-0.25, -0.2) is 9.67 Å². The molecule has 2 heterocycles. The van der Waals surface area contributed by atoms with Crippen molar-refractivity contribution in [3.05, 3.63) is 59.7 Å². The Hall–Kier alpha value is -2.76. The molecule has 0 aliphatic heterocycles. The van der Waals surface area contributed by atoms with Gasteiger partial charge >= 0.3 is 0 Å². The molecule has 6 nitrogen and oxygen atoms in total. The monoisotopic (exact) mass is 294 g/mol. The molecule has 1 N–H and O–H groups in total. The van der Waals surface area contributed by atoms with Crippen molar-refractivity contribution in [1.29, 1.82) is 0 Å². The van der Waals surface area contributed by atoms with Crippen LogP contribution in [0.5, 0.6) is 0 Å². The van der Waals surface area contributed by atoms with E-state index in [-0.39, 0.29) is 0 Å². The number of nitrogens with zero attached hydrogens (tertiary/aromatic N) is 5. The molecule has 0 spiro atoms. The molecule has 0 saturated heterocycles. The lowest BCUT2D eigenvalue weighted by atomic mass is 10.2. The third kappa shape index (κ3) is 3.11. The number of benzene rings is 1. The number of hydrogen-bond donors (Lipinski definition) is 1. The maximum absolute atomic E-state index is 4.38. The summed E-state index contributed by atoms with van der Waals surface area (Å²) in [5, 5.41) is 15.7. The lowest BCUT2D eigenvalue weighted by Gasteiger charge is -2.08. The second kappa shape index (κ2) is 6.34. The molecular weight excluding hydrogens is 276 g/mol. The Morgan fingerprint density at radius 3 is 2.59 bits per heavy atom. The van der Waals surface area contributed by atoms with Gasteiger partial charge in [0, 0.05) is 24.9 Å². The fraction of sp³-hybridized carbons (Fsp3) is 0.250. The molecule has 112 valence electrons. The van der Waals surface area contributed by atoms with Crippen molar-refractivity contribution in [1.82, 2.24) is 25.0 Å². The smallest absolute Gasteiger partial charge is 0.242 e. The number of aromatic nitrogens is 5. The first kappa shape index (κ1) is 14.2. The van der Waals surface area contributed by atoms with E-state index in [4.69, 9.17) is 0 Å². The molecule has 1 aromatic carbocycles. The minimum absolute atomic E-state index is 0.564. The first-order valence-electron chi connectivity index (χ1n) is 7.24. The highest BCUT2D eigenvalue weighted by atomic mass is 15.3. The van der Waals surface area contributed by atoms with Crippen LogP contribution in [-0.4, -0.2) is 31.5 Å². The van der Waals surface area contributed by atoms with Crippen molar-refractivity contribution >= 4 is 5.95 Å². The molecule has 6 heteroatoms. The molecule has 2 aromatic heterocycles. The summed E-state index contributed by atoms with van der Waals surface area (Å²) >= 11 is 0. The summed E-state index contributed by atoms with van der Waals surface area (Å²) in [5.74, 6) is 0.564.